The van der Waals surface area contributed by atoms with Crippen LogP contribution < -0.4 is 5.73 Å². The molecule has 72 valence electrons. The number of hydrogen-bond acceptors (Lipinski definition) is 3. The van der Waals surface area contributed by atoms with Crippen LogP contribution in [0.25, 0.3) is 0 Å². The average Bonchev–Trinajstić information content (AvgIpc) is 2.16. The van der Waals surface area contributed by atoms with Crippen molar-refractivity contribution in [3.8, 4) is 0 Å². The Morgan fingerprint density at radius 3 is 2.77 bits per heavy atom. The predicted octanol–water partition coefficient (Wildman–Crippen LogP) is 1.23. The second-order valence-corrected chi connectivity index (χ2v) is 3.52. The number of rotatable bonds is 3. The van der Waals surface area contributed by atoms with Crippen LogP contribution in [0.5, 0.6) is 0 Å². The van der Waals surface area contributed by atoms with Crippen molar-refractivity contribution < 1.29 is 5.11 Å². The Morgan fingerprint density at radius 2 is 2.23 bits per heavy atom. The van der Waals surface area contributed by atoms with Gasteiger partial charge in [-0.05, 0) is 23.6 Å². The van der Waals surface area contributed by atoms with Crippen molar-refractivity contribution in [2.24, 2.45) is 11.7 Å². The van der Waals surface area contributed by atoms with Gasteiger partial charge in [0.05, 0.1) is 12.3 Å². The van der Waals surface area contributed by atoms with E-state index in [-0.39, 0.29) is 12.6 Å². The Kier molecular flexibility index (Phi) is 3.39. The average molecular weight is 180 g/mol. The van der Waals surface area contributed by atoms with E-state index in [1.54, 1.807) is 12.3 Å². The minimum atomic E-state index is -0.0495. The number of aromatic nitrogens is 1. The lowest BCUT2D eigenvalue weighted by Gasteiger charge is -2.15. The minimum Gasteiger partial charge on any atom is -0.392 e. The van der Waals surface area contributed by atoms with Crippen molar-refractivity contribution in [1.82, 2.24) is 4.98 Å². The molecular formula is C10H16N2O. The molecule has 0 amide bonds. The van der Waals surface area contributed by atoms with Gasteiger partial charge in [-0.3, -0.25) is 4.98 Å². The highest BCUT2D eigenvalue weighted by molar-refractivity contribution is 5.18. The Balaban J connectivity index is 2.88. The van der Waals surface area contributed by atoms with Gasteiger partial charge in [0.15, 0.2) is 0 Å². The molecule has 0 saturated heterocycles. The van der Waals surface area contributed by atoms with E-state index in [9.17, 15) is 0 Å². The van der Waals surface area contributed by atoms with Gasteiger partial charge in [-0.25, -0.2) is 0 Å². The monoisotopic (exact) mass is 180 g/mol. The van der Waals surface area contributed by atoms with Gasteiger partial charge < -0.3 is 10.8 Å². The van der Waals surface area contributed by atoms with Crippen LogP contribution in [-0.2, 0) is 6.61 Å². The van der Waals surface area contributed by atoms with E-state index >= 15 is 0 Å². The van der Waals surface area contributed by atoms with Gasteiger partial charge in [-0.1, -0.05) is 13.8 Å². The zero-order valence-electron chi connectivity index (χ0n) is 8.07. The minimum absolute atomic E-state index is 0.0420. The highest BCUT2D eigenvalue weighted by Gasteiger charge is 2.11. The maximum absolute atomic E-state index is 8.91. The normalized spacial score (nSPS) is 13.3. The molecule has 0 fully saturated rings. The Hall–Kier alpha value is -0.930. The quantitative estimate of drug-likeness (QED) is 0.735. The van der Waals surface area contributed by atoms with Crippen LogP contribution in [0.15, 0.2) is 18.3 Å². The van der Waals surface area contributed by atoms with Crippen LogP contribution in [0.2, 0.25) is 0 Å². The van der Waals surface area contributed by atoms with Crippen LogP contribution in [-0.4, -0.2) is 10.1 Å². The summed E-state index contributed by atoms with van der Waals surface area (Å²) in [6.45, 7) is 4.15. The van der Waals surface area contributed by atoms with E-state index < -0.39 is 0 Å². The third kappa shape index (κ3) is 2.50. The van der Waals surface area contributed by atoms with E-state index in [0.717, 1.165) is 11.3 Å². The van der Waals surface area contributed by atoms with E-state index in [1.165, 1.54) is 0 Å². The van der Waals surface area contributed by atoms with Crippen LogP contribution in [0.3, 0.4) is 0 Å². The molecule has 13 heavy (non-hydrogen) atoms. The summed E-state index contributed by atoms with van der Waals surface area (Å²) in [5.41, 5.74) is 7.63. The standard InChI is InChI=1S/C10H16N2O/c1-7(2)10(11)9-5-8(6-13)3-4-12-9/h3-5,7,10,13H,6,11H2,1-2H3/t10-/m0/s1. The van der Waals surface area contributed by atoms with Crippen LogP contribution in [0.4, 0.5) is 0 Å². The van der Waals surface area contributed by atoms with Crippen molar-refractivity contribution in [3.63, 3.8) is 0 Å². The first-order valence-corrected chi connectivity index (χ1v) is 4.46. The summed E-state index contributed by atoms with van der Waals surface area (Å²) in [5, 5.41) is 8.91. The zero-order valence-corrected chi connectivity index (χ0v) is 8.07. The highest BCUT2D eigenvalue weighted by Crippen LogP contribution is 2.17. The van der Waals surface area contributed by atoms with Crippen LogP contribution >= 0.6 is 0 Å². The van der Waals surface area contributed by atoms with Crippen molar-refractivity contribution in [2.75, 3.05) is 0 Å². The number of pyridine rings is 1. The molecule has 0 aliphatic rings. The number of hydrogen-bond donors (Lipinski definition) is 2. The van der Waals surface area contributed by atoms with E-state index in [1.807, 2.05) is 6.07 Å². The predicted molar refractivity (Wildman–Crippen MR) is 51.9 cm³/mol. The first kappa shape index (κ1) is 10.2. The zero-order chi connectivity index (χ0) is 9.84. The van der Waals surface area contributed by atoms with Crippen molar-refractivity contribution in [1.29, 1.82) is 0 Å². The van der Waals surface area contributed by atoms with Gasteiger partial charge in [0.25, 0.3) is 0 Å². The molecule has 3 heteroatoms. The molecule has 0 spiro atoms. The maximum Gasteiger partial charge on any atom is 0.0683 e. The summed E-state index contributed by atoms with van der Waals surface area (Å²) in [6, 6.07) is 3.59. The maximum atomic E-state index is 8.91. The smallest absolute Gasteiger partial charge is 0.0683 e. The summed E-state index contributed by atoms with van der Waals surface area (Å²) < 4.78 is 0. The molecule has 1 aromatic rings. The van der Waals surface area contributed by atoms with Crippen molar-refractivity contribution >= 4 is 0 Å². The Bertz CT molecular complexity index is 273. The van der Waals surface area contributed by atoms with Gasteiger partial charge in [0.2, 0.25) is 0 Å². The fourth-order valence-corrected chi connectivity index (χ4v) is 1.12. The molecule has 3 nitrogen and oxygen atoms in total. The van der Waals surface area contributed by atoms with Gasteiger partial charge >= 0.3 is 0 Å². The molecule has 0 radical (unpaired) electrons. The lowest BCUT2D eigenvalue weighted by molar-refractivity contribution is 0.281. The van der Waals surface area contributed by atoms with Crippen molar-refractivity contribution in [2.45, 2.75) is 26.5 Å². The molecule has 3 N–H and O–H groups in total. The third-order valence-corrected chi connectivity index (χ3v) is 2.09. The number of aliphatic hydroxyl groups is 1. The van der Waals surface area contributed by atoms with E-state index in [2.05, 4.69) is 18.8 Å². The molecule has 0 unspecified atom stereocenters. The van der Waals surface area contributed by atoms with E-state index in [4.69, 9.17) is 10.8 Å². The topological polar surface area (TPSA) is 59.1 Å². The SMILES string of the molecule is CC(C)[C@H](N)c1cc(CO)ccn1. The summed E-state index contributed by atoms with van der Waals surface area (Å²) in [6.07, 6.45) is 1.68. The molecule has 1 heterocycles. The fraction of sp³-hybridized carbons (Fsp3) is 0.500. The van der Waals surface area contributed by atoms with Crippen LogP contribution in [0.1, 0.15) is 31.1 Å². The van der Waals surface area contributed by atoms with Gasteiger partial charge in [0.1, 0.15) is 0 Å². The fourth-order valence-electron chi connectivity index (χ4n) is 1.12. The third-order valence-electron chi connectivity index (χ3n) is 2.09. The Morgan fingerprint density at radius 1 is 1.54 bits per heavy atom. The van der Waals surface area contributed by atoms with Crippen molar-refractivity contribution in [3.05, 3.63) is 29.6 Å². The number of nitrogens with two attached hydrogens (primary N) is 1. The molecule has 1 aromatic heterocycles. The molecule has 1 atom stereocenters. The Labute approximate surface area is 78.6 Å². The summed E-state index contributed by atoms with van der Waals surface area (Å²) >= 11 is 0. The summed E-state index contributed by atoms with van der Waals surface area (Å²) in [5.74, 6) is 0.362. The molecular weight excluding hydrogens is 164 g/mol. The molecule has 1 rings (SSSR count). The number of aliphatic hydroxyl groups excluding tert-OH is 1. The largest absolute Gasteiger partial charge is 0.392 e. The van der Waals surface area contributed by atoms with E-state index in [0.29, 0.717) is 5.92 Å². The molecule has 0 aromatic carbocycles. The lowest BCUT2D eigenvalue weighted by atomic mass is 10.0. The van der Waals surface area contributed by atoms with Gasteiger partial charge in [-0.15, -0.1) is 0 Å². The second kappa shape index (κ2) is 4.35. The molecule has 0 aliphatic carbocycles. The first-order valence-electron chi connectivity index (χ1n) is 4.46. The summed E-state index contributed by atoms with van der Waals surface area (Å²) in [7, 11) is 0. The molecule has 0 bridgehead atoms. The lowest BCUT2D eigenvalue weighted by Crippen LogP contribution is -2.18. The first-order chi connectivity index (χ1) is 6.15. The molecule has 0 aliphatic heterocycles. The summed E-state index contributed by atoms with van der Waals surface area (Å²) in [4.78, 5) is 4.17. The van der Waals surface area contributed by atoms with Gasteiger partial charge in [-0.2, -0.15) is 0 Å². The second-order valence-electron chi connectivity index (χ2n) is 3.52. The highest BCUT2D eigenvalue weighted by atomic mass is 16.3. The van der Waals surface area contributed by atoms with Gasteiger partial charge in [0, 0.05) is 12.2 Å². The number of nitrogens with zero attached hydrogens (tertiary/aromatic N) is 1. The molecule has 0 saturated carbocycles. The van der Waals surface area contributed by atoms with Crippen LogP contribution in [0, 0.1) is 5.92 Å².